The quantitative estimate of drug-likeness (QED) is 0.827. The summed E-state index contributed by atoms with van der Waals surface area (Å²) in [5.74, 6) is -1.00. The molecule has 0 saturated carbocycles. The van der Waals surface area contributed by atoms with Crippen LogP contribution in [0, 0.1) is 6.92 Å². The van der Waals surface area contributed by atoms with E-state index in [2.05, 4.69) is 10.6 Å². The summed E-state index contributed by atoms with van der Waals surface area (Å²) in [6.07, 6.45) is 0.757. The highest BCUT2D eigenvalue weighted by atomic mass is 35.5. The molecule has 0 aliphatic carbocycles. The second-order valence-corrected chi connectivity index (χ2v) is 5.63. The van der Waals surface area contributed by atoms with E-state index in [1.165, 1.54) is 13.2 Å². The number of anilines is 2. The fourth-order valence-electron chi connectivity index (χ4n) is 2.30. The van der Waals surface area contributed by atoms with Gasteiger partial charge in [-0.15, -0.1) is 0 Å². The smallest absolute Gasteiger partial charge is 0.314 e. The summed E-state index contributed by atoms with van der Waals surface area (Å²) in [4.78, 5) is 24.3. The first-order chi connectivity index (χ1) is 11.5. The molecule has 0 unspecified atom stereocenters. The number of aryl methyl sites for hydroxylation is 2. The highest BCUT2D eigenvalue weighted by Crippen LogP contribution is 2.27. The van der Waals surface area contributed by atoms with Crippen molar-refractivity contribution in [1.29, 1.82) is 0 Å². The fourth-order valence-corrected chi connectivity index (χ4v) is 2.56. The summed E-state index contributed by atoms with van der Waals surface area (Å²) >= 11 is 6.01. The number of hydrogen-bond acceptors (Lipinski definition) is 3. The molecule has 2 rings (SSSR count). The first-order valence-corrected chi connectivity index (χ1v) is 7.88. The SMILES string of the molecule is CCc1cccc(C)c1NC(=O)C(=O)Nc1ccc(OC)c(Cl)c1. The molecule has 5 nitrogen and oxygen atoms in total. The van der Waals surface area contributed by atoms with Crippen molar-refractivity contribution in [2.75, 3.05) is 17.7 Å². The van der Waals surface area contributed by atoms with Crippen LogP contribution in [0.1, 0.15) is 18.1 Å². The molecule has 0 saturated heterocycles. The summed E-state index contributed by atoms with van der Waals surface area (Å²) in [7, 11) is 1.50. The highest BCUT2D eigenvalue weighted by molar-refractivity contribution is 6.44. The normalized spacial score (nSPS) is 10.2. The number of methoxy groups -OCH3 is 1. The number of hydrogen-bond donors (Lipinski definition) is 2. The van der Waals surface area contributed by atoms with Gasteiger partial charge in [0.15, 0.2) is 0 Å². The molecule has 0 aliphatic heterocycles. The maximum atomic E-state index is 12.2. The van der Waals surface area contributed by atoms with Crippen molar-refractivity contribution in [2.24, 2.45) is 0 Å². The van der Waals surface area contributed by atoms with Crippen LogP contribution in [0.5, 0.6) is 5.75 Å². The minimum Gasteiger partial charge on any atom is -0.495 e. The maximum absolute atomic E-state index is 12.2. The number of para-hydroxylation sites is 1. The molecule has 0 atom stereocenters. The lowest BCUT2D eigenvalue weighted by molar-refractivity contribution is -0.133. The van der Waals surface area contributed by atoms with Crippen molar-refractivity contribution < 1.29 is 14.3 Å². The molecule has 2 aromatic rings. The number of ether oxygens (including phenoxy) is 1. The van der Waals surface area contributed by atoms with Crippen molar-refractivity contribution in [3.8, 4) is 5.75 Å². The molecular formula is C18H19ClN2O3. The summed E-state index contributed by atoms with van der Waals surface area (Å²) in [6.45, 7) is 3.87. The van der Waals surface area contributed by atoms with Crippen molar-refractivity contribution in [3.63, 3.8) is 0 Å². The van der Waals surface area contributed by atoms with Crippen molar-refractivity contribution >= 4 is 34.8 Å². The van der Waals surface area contributed by atoms with Crippen LogP contribution in [-0.4, -0.2) is 18.9 Å². The lowest BCUT2D eigenvalue weighted by Gasteiger charge is -2.13. The number of carbonyl (C=O) groups is 2. The van der Waals surface area contributed by atoms with E-state index in [9.17, 15) is 9.59 Å². The highest BCUT2D eigenvalue weighted by Gasteiger charge is 2.17. The van der Waals surface area contributed by atoms with E-state index in [-0.39, 0.29) is 0 Å². The van der Waals surface area contributed by atoms with Gasteiger partial charge in [-0.05, 0) is 42.7 Å². The molecule has 0 aliphatic rings. The number of amides is 2. The van der Waals surface area contributed by atoms with Crippen LogP contribution < -0.4 is 15.4 Å². The average molecular weight is 347 g/mol. The number of rotatable bonds is 4. The van der Waals surface area contributed by atoms with Gasteiger partial charge >= 0.3 is 11.8 Å². The third kappa shape index (κ3) is 4.06. The van der Waals surface area contributed by atoms with E-state index in [1.807, 2.05) is 32.0 Å². The van der Waals surface area contributed by atoms with Crippen LogP contribution in [0.3, 0.4) is 0 Å². The zero-order valence-corrected chi connectivity index (χ0v) is 14.5. The molecule has 6 heteroatoms. The molecule has 2 aromatic carbocycles. The largest absolute Gasteiger partial charge is 0.495 e. The Labute approximate surface area is 146 Å². The van der Waals surface area contributed by atoms with Crippen molar-refractivity contribution in [3.05, 3.63) is 52.5 Å². The van der Waals surface area contributed by atoms with Crippen molar-refractivity contribution in [2.45, 2.75) is 20.3 Å². The Morgan fingerprint density at radius 1 is 1.12 bits per heavy atom. The molecule has 0 heterocycles. The Hall–Kier alpha value is -2.53. The Morgan fingerprint density at radius 2 is 1.83 bits per heavy atom. The van der Waals surface area contributed by atoms with E-state index in [4.69, 9.17) is 16.3 Å². The number of nitrogens with one attached hydrogen (secondary N) is 2. The van der Waals surface area contributed by atoms with Crippen LogP contribution in [-0.2, 0) is 16.0 Å². The van der Waals surface area contributed by atoms with E-state index < -0.39 is 11.8 Å². The van der Waals surface area contributed by atoms with Gasteiger partial charge in [-0.2, -0.15) is 0 Å². The van der Waals surface area contributed by atoms with Crippen molar-refractivity contribution in [1.82, 2.24) is 0 Å². The third-order valence-electron chi connectivity index (χ3n) is 3.59. The van der Waals surface area contributed by atoms with Gasteiger partial charge in [0.25, 0.3) is 0 Å². The molecular weight excluding hydrogens is 328 g/mol. The van der Waals surface area contributed by atoms with Gasteiger partial charge in [0.2, 0.25) is 0 Å². The molecule has 24 heavy (non-hydrogen) atoms. The van der Waals surface area contributed by atoms with Crippen LogP contribution in [0.4, 0.5) is 11.4 Å². The monoisotopic (exact) mass is 346 g/mol. The van der Waals surface area contributed by atoms with E-state index in [0.29, 0.717) is 22.1 Å². The maximum Gasteiger partial charge on any atom is 0.314 e. The molecule has 0 radical (unpaired) electrons. The van der Waals surface area contributed by atoms with Gasteiger partial charge in [0.05, 0.1) is 12.1 Å². The first-order valence-electron chi connectivity index (χ1n) is 7.50. The molecule has 0 aromatic heterocycles. The molecule has 2 N–H and O–H groups in total. The van der Waals surface area contributed by atoms with Gasteiger partial charge in [0.1, 0.15) is 5.75 Å². The molecule has 0 fully saturated rings. The average Bonchev–Trinajstić information content (AvgIpc) is 2.56. The third-order valence-corrected chi connectivity index (χ3v) is 3.89. The van der Waals surface area contributed by atoms with E-state index in [1.54, 1.807) is 12.1 Å². The standard InChI is InChI=1S/C18H19ClN2O3/c1-4-12-7-5-6-11(2)16(12)21-18(23)17(22)20-13-8-9-15(24-3)14(19)10-13/h5-10H,4H2,1-3H3,(H,20,22)(H,21,23). The van der Waals surface area contributed by atoms with Crippen LogP contribution in [0.25, 0.3) is 0 Å². The van der Waals surface area contributed by atoms with E-state index in [0.717, 1.165) is 17.5 Å². The fraction of sp³-hybridized carbons (Fsp3) is 0.222. The number of halogens is 1. The zero-order valence-electron chi connectivity index (χ0n) is 13.8. The second-order valence-electron chi connectivity index (χ2n) is 5.22. The first kappa shape index (κ1) is 17.8. The Balaban J connectivity index is 2.11. The Bertz CT molecular complexity index is 775. The second kappa shape index (κ2) is 7.84. The van der Waals surface area contributed by atoms with Gasteiger partial charge in [-0.25, -0.2) is 0 Å². The lowest BCUT2D eigenvalue weighted by atomic mass is 10.1. The van der Waals surface area contributed by atoms with Gasteiger partial charge < -0.3 is 15.4 Å². The minimum absolute atomic E-state index is 0.350. The summed E-state index contributed by atoms with van der Waals surface area (Å²) in [5.41, 5.74) is 2.97. The van der Waals surface area contributed by atoms with E-state index >= 15 is 0 Å². The molecule has 0 spiro atoms. The predicted molar refractivity (Wildman–Crippen MR) is 95.8 cm³/mol. The van der Waals surface area contributed by atoms with Gasteiger partial charge in [0, 0.05) is 11.4 Å². The number of benzene rings is 2. The molecule has 126 valence electrons. The summed E-state index contributed by atoms with van der Waals surface area (Å²) in [6, 6.07) is 10.5. The van der Waals surface area contributed by atoms with Gasteiger partial charge in [-0.3, -0.25) is 9.59 Å². The number of carbonyl (C=O) groups excluding carboxylic acids is 2. The topological polar surface area (TPSA) is 67.4 Å². The van der Waals surface area contributed by atoms with Crippen LogP contribution in [0.15, 0.2) is 36.4 Å². The Morgan fingerprint density at radius 3 is 2.46 bits per heavy atom. The lowest BCUT2D eigenvalue weighted by Crippen LogP contribution is -2.29. The van der Waals surface area contributed by atoms with Crippen LogP contribution >= 0.6 is 11.6 Å². The van der Waals surface area contributed by atoms with Gasteiger partial charge in [-0.1, -0.05) is 36.7 Å². The summed E-state index contributed by atoms with van der Waals surface area (Å²) in [5, 5.41) is 5.55. The predicted octanol–water partition coefficient (Wildman–Crippen LogP) is 3.80. The minimum atomic E-state index is -0.762. The molecule has 2 amide bonds. The zero-order chi connectivity index (χ0) is 17.7. The summed E-state index contributed by atoms with van der Waals surface area (Å²) < 4.78 is 5.05. The van der Waals surface area contributed by atoms with Crippen LogP contribution in [0.2, 0.25) is 5.02 Å². The molecule has 0 bridgehead atoms. The Kier molecular flexibility index (Phi) is 5.82.